The van der Waals surface area contributed by atoms with Crippen molar-refractivity contribution >= 4 is 10.2 Å². The van der Waals surface area contributed by atoms with Crippen molar-refractivity contribution in [1.82, 2.24) is 9.03 Å². The second-order valence-corrected chi connectivity index (χ2v) is 4.60. The van der Waals surface area contributed by atoms with Crippen molar-refractivity contribution in [3.05, 3.63) is 0 Å². The van der Waals surface area contributed by atoms with Crippen molar-refractivity contribution in [1.29, 1.82) is 0 Å². The molecule has 1 rings (SSSR count). The van der Waals surface area contributed by atoms with Crippen LogP contribution < -0.4 is 4.72 Å². The van der Waals surface area contributed by atoms with Crippen LogP contribution in [-0.4, -0.2) is 32.9 Å². The van der Waals surface area contributed by atoms with E-state index in [1.54, 1.807) is 0 Å². The number of hydrogen-bond donors (Lipinski definition) is 1. The van der Waals surface area contributed by atoms with Crippen molar-refractivity contribution < 1.29 is 8.42 Å². The van der Waals surface area contributed by atoms with Crippen molar-refractivity contribution in [2.24, 2.45) is 0 Å². The number of hydrogen-bond acceptors (Lipinski definition) is 2. The van der Waals surface area contributed by atoms with Crippen molar-refractivity contribution in [3.8, 4) is 0 Å². The molecule has 5 heteroatoms. The van der Waals surface area contributed by atoms with Gasteiger partial charge in [0.25, 0.3) is 10.2 Å². The van der Waals surface area contributed by atoms with Gasteiger partial charge in [0.15, 0.2) is 0 Å². The van der Waals surface area contributed by atoms with Crippen LogP contribution in [0.1, 0.15) is 12.8 Å². The van der Waals surface area contributed by atoms with Gasteiger partial charge in [-0.15, -0.1) is 0 Å². The molecule has 4 nitrogen and oxygen atoms in total. The summed E-state index contributed by atoms with van der Waals surface area (Å²) >= 11 is 0. The fraction of sp³-hybridized carbons (Fsp3) is 1.00. The Morgan fingerprint density at radius 2 is 1.90 bits per heavy atom. The van der Waals surface area contributed by atoms with E-state index in [2.05, 4.69) is 4.72 Å². The van der Waals surface area contributed by atoms with Gasteiger partial charge in [-0.05, 0) is 12.8 Å². The highest BCUT2D eigenvalue weighted by Gasteiger charge is 2.27. The zero-order chi connectivity index (χ0) is 7.78. The molecule has 0 aromatic carbocycles. The Bertz CT molecular complexity index is 206. The van der Waals surface area contributed by atoms with Gasteiger partial charge in [-0.2, -0.15) is 17.4 Å². The first kappa shape index (κ1) is 7.97. The van der Waals surface area contributed by atoms with E-state index in [-0.39, 0.29) is 6.04 Å². The molecule has 60 valence electrons. The van der Waals surface area contributed by atoms with Gasteiger partial charge in [0.05, 0.1) is 0 Å². The molecular formula is C5H12N2O2S. The Kier molecular flexibility index (Phi) is 1.98. The molecule has 1 fully saturated rings. The van der Waals surface area contributed by atoms with Gasteiger partial charge in [0, 0.05) is 20.1 Å². The van der Waals surface area contributed by atoms with Crippen LogP contribution in [0, 0.1) is 0 Å². The van der Waals surface area contributed by atoms with E-state index in [0.29, 0.717) is 0 Å². The molecule has 0 saturated heterocycles. The van der Waals surface area contributed by atoms with Gasteiger partial charge in [0.2, 0.25) is 0 Å². The molecule has 0 amide bonds. The highest BCUT2D eigenvalue weighted by Crippen LogP contribution is 2.19. The SMILES string of the molecule is CN(C)S(=O)(=O)NC1CC1. The van der Waals surface area contributed by atoms with E-state index in [4.69, 9.17) is 0 Å². The van der Waals surface area contributed by atoms with Gasteiger partial charge in [-0.1, -0.05) is 0 Å². The Balaban J connectivity index is 2.50. The molecule has 1 aliphatic rings. The van der Waals surface area contributed by atoms with Crippen molar-refractivity contribution in [3.63, 3.8) is 0 Å². The summed E-state index contributed by atoms with van der Waals surface area (Å²) in [4.78, 5) is 0. The molecule has 1 aliphatic carbocycles. The third-order valence-corrected chi connectivity index (χ3v) is 2.97. The molecular weight excluding hydrogens is 152 g/mol. The van der Waals surface area contributed by atoms with Gasteiger partial charge >= 0.3 is 0 Å². The Labute approximate surface area is 61.4 Å². The monoisotopic (exact) mass is 164 g/mol. The average Bonchev–Trinajstić information content (AvgIpc) is 2.48. The first-order valence-electron chi connectivity index (χ1n) is 3.22. The van der Waals surface area contributed by atoms with E-state index < -0.39 is 10.2 Å². The molecule has 0 bridgehead atoms. The fourth-order valence-electron chi connectivity index (χ4n) is 0.517. The van der Waals surface area contributed by atoms with E-state index in [1.165, 1.54) is 18.4 Å². The molecule has 0 unspecified atom stereocenters. The molecule has 0 heterocycles. The lowest BCUT2D eigenvalue weighted by Gasteiger charge is -2.10. The summed E-state index contributed by atoms with van der Waals surface area (Å²) in [5.74, 6) is 0. The first-order valence-corrected chi connectivity index (χ1v) is 4.66. The molecule has 0 spiro atoms. The molecule has 0 aromatic rings. The van der Waals surface area contributed by atoms with Crippen LogP contribution in [0.5, 0.6) is 0 Å². The minimum atomic E-state index is -3.15. The zero-order valence-corrected chi connectivity index (χ0v) is 6.98. The summed E-state index contributed by atoms with van der Waals surface area (Å²) in [5.41, 5.74) is 0. The van der Waals surface area contributed by atoms with Crippen LogP contribution in [0.15, 0.2) is 0 Å². The van der Waals surface area contributed by atoms with Gasteiger partial charge in [-0.25, -0.2) is 0 Å². The molecule has 0 atom stereocenters. The zero-order valence-electron chi connectivity index (χ0n) is 6.16. The molecule has 1 saturated carbocycles. The molecule has 0 radical (unpaired) electrons. The standard InChI is InChI=1S/C5H12N2O2S/c1-7(2)10(8,9)6-5-3-4-5/h5-6H,3-4H2,1-2H3. The predicted molar refractivity (Wildman–Crippen MR) is 38.8 cm³/mol. The molecule has 0 aliphatic heterocycles. The lowest BCUT2D eigenvalue weighted by Crippen LogP contribution is -2.36. The van der Waals surface area contributed by atoms with Gasteiger partial charge in [0.1, 0.15) is 0 Å². The minimum absolute atomic E-state index is 0.201. The number of nitrogens with one attached hydrogen (secondary N) is 1. The maximum absolute atomic E-state index is 11.0. The lowest BCUT2D eigenvalue weighted by molar-refractivity contribution is 0.505. The summed E-state index contributed by atoms with van der Waals surface area (Å²) < 4.78 is 25.7. The van der Waals surface area contributed by atoms with Crippen LogP contribution in [0.3, 0.4) is 0 Å². The quantitative estimate of drug-likeness (QED) is 0.614. The largest absolute Gasteiger partial charge is 0.279 e. The molecule has 10 heavy (non-hydrogen) atoms. The number of rotatable bonds is 3. The summed E-state index contributed by atoms with van der Waals surface area (Å²) in [6.45, 7) is 0. The Morgan fingerprint density at radius 3 is 2.20 bits per heavy atom. The van der Waals surface area contributed by atoms with Crippen LogP contribution >= 0.6 is 0 Å². The number of nitrogens with zero attached hydrogens (tertiary/aromatic N) is 1. The predicted octanol–water partition coefficient (Wildman–Crippen LogP) is -0.455. The summed E-state index contributed by atoms with van der Waals surface area (Å²) in [6.07, 6.45) is 1.96. The van der Waals surface area contributed by atoms with E-state index in [9.17, 15) is 8.42 Å². The van der Waals surface area contributed by atoms with Gasteiger partial charge < -0.3 is 0 Å². The Morgan fingerprint density at radius 1 is 1.40 bits per heavy atom. The highest BCUT2D eigenvalue weighted by molar-refractivity contribution is 7.87. The lowest BCUT2D eigenvalue weighted by atomic mass is 10.8. The topological polar surface area (TPSA) is 49.4 Å². The molecule has 1 N–H and O–H groups in total. The van der Waals surface area contributed by atoms with Crippen LogP contribution in [0.4, 0.5) is 0 Å². The summed E-state index contributed by atoms with van der Waals surface area (Å²) in [7, 11) is -0.114. The van der Waals surface area contributed by atoms with Crippen LogP contribution in [0.2, 0.25) is 0 Å². The normalized spacial score (nSPS) is 19.9. The second kappa shape index (κ2) is 2.48. The van der Waals surface area contributed by atoms with E-state index in [0.717, 1.165) is 12.8 Å². The maximum atomic E-state index is 11.0. The third-order valence-electron chi connectivity index (χ3n) is 1.37. The summed E-state index contributed by atoms with van der Waals surface area (Å²) in [6, 6.07) is 0.201. The van der Waals surface area contributed by atoms with E-state index in [1.807, 2.05) is 0 Å². The third kappa shape index (κ3) is 1.93. The molecule has 0 aromatic heterocycles. The first-order chi connectivity index (χ1) is 4.52. The van der Waals surface area contributed by atoms with Crippen molar-refractivity contribution in [2.45, 2.75) is 18.9 Å². The average molecular weight is 164 g/mol. The van der Waals surface area contributed by atoms with Crippen molar-refractivity contribution in [2.75, 3.05) is 14.1 Å². The second-order valence-electron chi connectivity index (χ2n) is 2.68. The van der Waals surface area contributed by atoms with Gasteiger partial charge in [-0.3, -0.25) is 0 Å². The van der Waals surface area contributed by atoms with Crippen LogP contribution in [0.25, 0.3) is 0 Å². The summed E-state index contributed by atoms with van der Waals surface area (Å²) in [5, 5.41) is 0. The fourth-order valence-corrected chi connectivity index (χ4v) is 1.38. The Hall–Kier alpha value is -0.130. The van der Waals surface area contributed by atoms with E-state index >= 15 is 0 Å². The van der Waals surface area contributed by atoms with Crippen LogP contribution in [-0.2, 0) is 10.2 Å². The highest BCUT2D eigenvalue weighted by atomic mass is 32.2. The smallest absolute Gasteiger partial charge is 0.199 e. The minimum Gasteiger partial charge on any atom is -0.199 e. The maximum Gasteiger partial charge on any atom is 0.279 e.